The Hall–Kier alpha value is -0.660. The molecule has 1 atom stereocenters. The van der Waals surface area contributed by atoms with Gasteiger partial charge in [-0.25, -0.2) is 0 Å². The predicted molar refractivity (Wildman–Crippen MR) is 98.8 cm³/mol. The number of hydrogen-bond acceptors (Lipinski definition) is 2. The second-order valence-corrected chi connectivity index (χ2v) is 6.87. The maximum atomic E-state index is 2.62. The van der Waals surface area contributed by atoms with Crippen LogP contribution in [0.2, 0.25) is 0 Å². The van der Waals surface area contributed by atoms with E-state index in [0.29, 0.717) is 6.17 Å². The fourth-order valence-corrected chi connectivity index (χ4v) is 3.33. The van der Waals surface area contributed by atoms with Gasteiger partial charge in [0.25, 0.3) is 0 Å². The maximum absolute atomic E-state index is 2.62. The van der Waals surface area contributed by atoms with E-state index < -0.39 is 0 Å². The van der Waals surface area contributed by atoms with E-state index in [9.17, 15) is 0 Å². The normalized spacial score (nSPS) is 17.7. The lowest BCUT2D eigenvalue weighted by Crippen LogP contribution is -2.39. The molecule has 0 saturated heterocycles. The first-order valence-electron chi connectivity index (χ1n) is 10.0. The Balaban J connectivity index is 2.34. The molecule has 1 aliphatic rings. The molecular weight excluding hydrogens is 268 g/mol. The first-order valence-corrected chi connectivity index (χ1v) is 10.0. The van der Waals surface area contributed by atoms with Crippen LogP contribution < -0.4 is 0 Å². The van der Waals surface area contributed by atoms with Gasteiger partial charge in [0.1, 0.15) is 6.17 Å². The highest BCUT2D eigenvalue weighted by Gasteiger charge is 2.24. The molecule has 0 saturated carbocycles. The van der Waals surface area contributed by atoms with E-state index >= 15 is 0 Å². The minimum absolute atomic E-state index is 0.648. The Morgan fingerprint density at radius 3 is 1.68 bits per heavy atom. The third-order valence-corrected chi connectivity index (χ3v) is 4.82. The fraction of sp³-hybridized carbons (Fsp3) is 0.900. The van der Waals surface area contributed by atoms with Crippen LogP contribution in [-0.2, 0) is 0 Å². The monoisotopic (exact) mass is 308 g/mol. The van der Waals surface area contributed by atoms with Crippen molar-refractivity contribution in [2.45, 2.75) is 104 Å². The highest BCUT2D eigenvalue weighted by Crippen LogP contribution is 2.23. The molecule has 0 amide bonds. The Morgan fingerprint density at radius 1 is 0.591 bits per heavy atom. The van der Waals surface area contributed by atoms with Crippen LogP contribution >= 0.6 is 0 Å². The highest BCUT2D eigenvalue weighted by molar-refractivity contribution is 4.96. The van der Waals surface area contributed by atoms with Crippen molar-refractivity contribution in [3.8, 4) is 0 Å². The summed E-state index contributed by atoms with van der Waals surface area (Å²) in [7, 11) is 0. The summed E-state index contributed by atoms with van der Waals surface area (Å²) in [6.07, 6.45) is 21.7. The van der Waals surface area contributed by atoms with Crippen LogP contribution in [0.25, 0.3) is 0 Å². The molecule has 1 heterocycles. The lowest BCUT2D eigenvalue weighted by atomic mass is 10.1. The SMILES string of the molecule is CCCCCCCN1C=CN(CCCC)C1CCCCCC. The van der Waals surface area contributed by atoms with Gasteiger partial charge in [0.2, 0.25) is 0 Å². The Kier molecular flexibility index (Phi) is 11.3. The van der Waals surface area contributed by atoms with E-state index in [2.05, 4.69) is 43.0 Å². The number of unbranched alkanes of at least 4 members (excludes halogenated alkanes) is 8. The second-order valence-electron chi connectivity index (χ2n) is 6.87. The Bertz CT molecular complexity index is 275. The summed E-state index contributed by atoms with van der Waals surface area (Å²) < 4.78 is 0. The van der Waals surface area contributed by atoms with E-state index in [1.807, 2.05) is 0 Å². The van der Waals surface area contributed by atoms with Crippen LogP contribution in [0.3, 0.4) is 0 Å². The first kappa shape index (κ1) is 19.4. The molecule has 0 aromatic carbocycles. The van der Waals surface area contributed by atoms with Crippen LogP contribution in [0.5, 0.6) is 0 Å². The van der Waals surface area contributed by atoms with Crippen molar-refractivity contribution in [2.24, 2.45) is 0 Å². The van der Waals surface area contributed by atoms with Crippen LogP contribution in [0.1, 0.15) is 97.8 Å². The summed E-state index contributed by atoms with van der Waals surface area (Å²) in [5.41, 5.74) is 0. The van der Waals surface area contributed by atoms with Crippen LogP contribution in [0.4, 0.5) is 0 Å². The van der Waals surface area contributed by atoms with Gasteiger partial charge in [-0.2, -0.15) is 0 Å². The molecule has 0 bridgehead atoms. The number of rotatable bonds is 14. The Morgan fingerprint density at radius 2 is 1.09 bits per heavy atom. The topological polar surface area (TPSA) is 6.48 Å². The molecule has 0 aromatic rings. The van der Waals surface area contributed by atoms with Gasteiger partial charge in [-0.1, -0.05) is 72.1 Å². The van der Waals surface area contributed by atoms with Gasteiger partial charge >= 0.3 is 0 Å². The van der Waals surface area contributed by atoms with Crippen LogP contribution in [-0.4, -0.2) is 29.1 Å². The third kappa shape index (κ3) is 7.56. The van der Waals surface area contributed by atoms with Gasteiger partial charge in [-0.3, -0.25) is 0 Å². The summed E-state index contributed by atoms with van der Waals surface area (Å²) in [6, 6.07) is 0. The summed E-state index contributed by atoms with van der Waals surface area (Å²) in [5.74, 6) is 0. The van der Waals surface area contributed by atoms with Crippen molar-refractivity contribution >= 4 is 0 Å². The van der Waals surface area contributed by atoms with Crippen molar-refractivity contribution in [1.82, 2.24) is 9.80 Å². The molecule has 0 radical (unpaired) electrons. The van der Waals surface area contributed by atoms with E-state index in [4.69, 9.17) is 0 Å². The quantitative estimate of drug-likeness (QED) is 0.355. The lowest BCUT2D eigenvalue weighted by Gasteiger charge is -2.33. The summed E-state index contributed by atoms with van der Waals surface area (Å²) in [4.78, 5) is 5.22. The van der Waals surface area contributed by atoms with E-state index in [0.717, 1.165) is 0 Å². The molecule has 130 valence electrons. The van der Waals surface area contributed by atoms with Crippen LogP contribution in [0, 0.1) is 0 Å². The molecule has 1 rings (SSSR count). The minimum atomic E-state index is 0.648. The molecule has 1 aliphatic heterocycles. The van der Waals surface area contributed by atoms with Gasteiger partial charge in [-0.05, 0) is 25.7 Å². The first-order chi connectivity index (χ1) is 10.8. The standard InChI is InChI=1S/C20H40N2/c1-4-7-10-12-14-17-22-19-18-21(16-9-6-3)20(22)15-13-11-8-5-2/h18-20H,4-17H2,1-3H3. The molecule has 0 aliphatic carbocycles. The summed E-state index contributed by atoms with van der Waals surface area (Å²) >= 11 is 0. The zero-order valence-corrected chi connectivity index (χ0v) is 15.5. The number of hydrogen-bond donors (Lipinski definition) is 0. The van der Waals surface area contributed by atoms with Crippen molar-refractivity contribution in [2.75, 3.05) is 13.1 Å². The average Bonchev–Trinajstić information content (AvgIpc) is 2.91. The number of nitrogens with zero attached hydrogens (tertiary/aromatic N) is 2. The van der Waals surface area contributed by atoms with E-state index in [-0.39, 0.29) is 0 Å². The minimum Gasteiger partial charge on any atom is -0.356 e. The molecule has 0 fully saturated rings. The third-order valence-electron chi connectivity index (χ3n) is 4.82. The highest BCUT2D eigenvalue weighted by atomic mass is 15.4. The molecular formula is C20H40N2. The molecule has 2 nitrogen and oxygen atoms in total. The van der Waals surface area contributed by atoms with Gasteiger partial charge in [0.15, 0.2) is 0 Å². The summed E-state index contributed by atoms with van der Waals surface area (Å²) in [6.45, 7) is 9.37. The van der Waals surface area contributed by atoms with Crippen molar-refractivity contribution < 1.29 is 0 Å². The predicted octanol–water partition coefficient (Wildman–Crippen LogP) is 6.14. The zero-order chi connectivity index (χ0) is 16.0. The maximum Gasteiger partial charge on any atom is 0.101 e. The fourth-order valence-electron chi connectivity index (χ4n) is 3.33. The molecule has 0 spiro atoms. The van der Waals surface area contributed by atoms with Gasteiger partial charge in [-0.15, -0.1) is 0 Å². The molecule has 0 N–H and O–H groups in total. The second kappa shape index (κ2) is 12.8. The summed E-state index contributed by atoms with van der Waals surface area (Å²) in [5, 5.41) is 0. The Labute approximate surface area is 139 Å². The van der Waals surface area contributed by atoms with E-state index in [1.165, 1.54) is 90.1 Å². The average molecular weight is 309 g/mol. The van der Waals surface area contributed by atoms with Crippen molar-refractivity contribution in [1.29, 1.82) is 0 Å². The molecule has 1 unspecified atom stereocenters. The van der Waals surface area contributed by atoms with Crippen LogP contribution in [0.15, 0.2) is 12.4 Å². The van der Waals surface area contributed by atoms with Gasteiger partial charge in [0, 0.05) is 25.5 Å². The largest absolute Gasteiger partial charge is 0.356 e. The van der Waals surface area contributed by atoms with Crippen molar-refractivity contribution in [3.05, 3.63) is 12.4 Å². The molecule has 0 aromatic heterocycles. The molecule has 22 heavy (non-hydrogen) atoms. The lowest BCUT2D eigenvalue weighted by molar-refractivity contribution is 0.136. The zero-order valence-electron chi connectivity index (χ0n) is 15.5. The van der Waals surface area contributed by atoms with Crippen molar-refractivity contribution in [3.63, 3.8) is 0 Å². The molecule has 2 heteroatoms. The van der Waals surface area contributed by atoms with Gasteiger partial charge in [0.05, 0.1) is 0 Å². The van der Waals surface area contributed by atoms with E-state index in [1.54, 1.807) is 0 Å². The van der Waals surface area contributed by atoms with Gasteiger partial charge < -0.3 is 9.80 Å². The smallest absolute Gasteiger partial charge is 0.101 e.